The van der Waals surface area contributed by atoms with Crippen molar-refractivity contribution in [3.05, 3.63) is 59.5 Å². The Morgan fingerprint density at radius 2 is 1.92 bits per heavy atom. The molecule has 0 saturated carbocycles. The molecular formula is C19H28IN3O2. The van der Waals surface area contributed by atoms with Crippen LogP contribution in [-0.4, -0.2) is 30.7 Å². The van der Waals surface area contributed by atoms with E-state index in [1.807, 2.05) is 6.92 Å². The Kier molecular flexibility index (Phi) is 9.59. The van der Waals surface area contributed by atoms with Gasteiger partial charge in [-0.15, -0.1) is 24.0 Å². The normalized spacial score (nSPS) is 13.7. The molecule has 2 rings (SSSR count). The summed E-state index contributed by atoms with van der Waals surface area (Å²) in [7, 11) is 0. The fourth-order valence-electron chi connectivity index (χ4n) is 2.35. The smallest absolute Gasteiger partial charge is 0.191 e. The average Bonchev–Trinajstić information content (AvgIpc) is 3.12. The van der Waals surface area contributed by atoms with E-state index in [2.05, 4.69) is 53.7 Å². The number of hydrogen-bond acceptors (Lipinski definition) is 3. The summed E-state index contributed by atoms with van der Waals surface area (Å²) in [5, 5.41) is 16.4. The molecule has 2 atom stereocenters. The van der Waals surface area contributed by atoms with Crippen LogP contribution in [0, 0.1) is 6.92 Å². The third kappa shape index (κ3) is 7.07. The quantitative estimate of drug-likeness (QED) is 0.338. The minimum Gasteiger partial charge on any atom is -0.467 e. The number of aliphatic hydroxyl groups excluding tert-OH is 1. The molecule has 5 nitrogen and oxygen atoms in total. The zero-order valence-electron chi connectivity index (χ0n) is 15.0. The van der Waals surface area contributed by atoms with Crippen molar-refractivity contribution in [3.8, 4) is 0 Å². The number of benzene rings is 1. The van der Waals surface area contributed by atoms with Gasteiger partial charge in [-0.25, -0.2) is 0 Å². The summed E-state index contributed by atoms with van der Waals surface area (Å²) in [5.74, 6) is 1.57. The van der Waals surface area contributed by atoms with Crippen molar-refractivity contribution in [2.24, 2.45) is 4.99 Å². The average molecular weight is 457 g/mol. The van der Waals surface area contributed by atoms with Crippen molar-refractivity contribution in [2.45, 2.75) is 32.8 Å². The number of hydrogen-bond donors (Lipinski definition) is 3. The Labute approximate surface area is 167 Å². The largest absolute Gasteiger partial charge is 0.467 e. The molecule has 0 saturated heterocycles. The van der Waals surface area contributed by atoms with E-state index in [0.29, 0.717) is 30.7 Å². The lowest BCUT2D eigenvalue weighted by Gasteiger charge is -2.15. The van der Waals surface area contributed by atoms with Crippen LogP contribution in [0.15, 0.2) is 52.1 Å². The maximum atomic E-state index is 10.1. The van der Waals surface area contributed by atoms with Gasteiger partial charge in [0.25, 0.3) is 0 Å². The lowest BCUT2D eigenvalue weighted by Crippen LogP contribution is -2.39. The van der Waals surface area contributed by atoms with Crippen molar-refractivity contribution in [1.29, 1.82) is 0 Å². The monoisotopic (exact) mass is 457 g/mol. The number of nitrogens with one attached hydrogen (secondary N) is 2. The van der Waals surface area contributed by atoms with Gasteiger partial charge in [0, 0.05) is 19.0 Å². The topological polar surface area (TPSA) is 69.8 Å². The molecule has 0 spiro atoms. The van der Waals surface area contributed by atoms with Crippen LogP contribution in [-0.2, 0) is 0 Å². The molecule has 138 valence electrons. The van der Waals surface area contributed by atoms with Crippen LogP contribution in [0.25, 0.3) is 0 Å². The SMILES string of the molecule is CCNC(=NCC(C)c1ccc(C)cc1)NCC(O)c1ccco1.I. The van der Waals surface area contributed by atoms with E-state index in [0.717, 1.165) is 6.54 Å². The van der Waals surface area contributed by atoms with Crippen LogP contribution in [0.5, 0.6) is 0 Å². The first kappa shape index (κ1) is 21.5. The van der Waals surface area contributed by atoms with Crippen molar-refractivity contribution in [1.82, 2.24) is 10.6 Å². The summed E-state index contributed by atoms with van der Waals surface area (Å²) in [6.07, 6.45) is 0.861. The maximum Gasteiger partial charge on any atom is 0.191 e. The number of guanidine groups is 1. The third-order valence-electron chi connectivity index (χ3n) is 3.85. The Balaban J connectivity index is 0.00000312. The number of aliphatic hydroxyl groups is 1. The molecule has 2 unspecified atom stereocenters. The fraction of sp³-hybridized carbons (Fsp3) is 0.421. The highest BCUT2D eigenvalue weighted by molar-refractivity contribution is 14.0. The lowest BCUT2D eigenvalue weighted by molar-refractivity contribution is 0.153. The molecule has 0 fully saturated rings. The zero-order valence-corrected chi connectivity index (χ0v) is 17.4. The summed E-state index contributed by atoms with van der Waals surface area (Å²) in [6.45, 7) is 8.05. The highest BCUT2D eigenvalue weighted by atomic mass is 127. The Morgan fingerprint density at radius 3 is 2.52 bits per heavy atom. The first-order valence-electron chi connectivity index (χ1n) is 8.40. The molecule has 0 aliphatic rings. The van der Waals surface area contributed by atoms with Gasteiger partial charge in [0.1, 0.15) is 11.9 Å². The molecule has 3 N–H and O–H groups in total. The number of aliphatic imine (C=N–C) groups is 1. The first-order valence-corrected chi connectivity index (χ1v) is 8.40. The molecule has 1 aromatic carbocycles. The minimum absolute atomic E-state index is 0. The van der Waals surface area contributed by atoms with Crippen molar-refractivity contribution < 1.29 is 9.52 Å². The van der Waals surface area contributed by atoms with Gasteiger partial charge in [0.2, 0.25) is 0 Å². The van der Waals surface area contributed by atoms with Gasteiger partial charge in [0.05, 0.1) is 12.8 Å². The van der Waals surface area contributed by atoms with E-state index in [4.69, 9.17) is 4.42 Å². The standard InChI is InChI=1S/C19H27N3O2.HI/c1-4-20-19(22-13-17(23)18-6-5-11-24-18)21-12-15(3)16-9-7-14(2)8-10-16;/h5-11,15,17,23H,4,12-13H2,1-3H3,(H2,20,21,22);1H. The molecule has 25 heavy (non-hydrogen) atoms. The second kappa shape index (κ2) is 11.1. The molecular weight excluding hydrogens is 429 g/mol. The van der Waals surface area contributed by atoms with Gasteiger partial charge >= 0.3 is 0 Å². The zero-order chi connectivity index (χ0) is 17.4. The van der Waals surface area contributed by atoms with Gasteiger partial charge in [-0.3, -0.25) is 4.99 Å². The summed E-state index contributed by atoms with van der Waals surface area (Å²) in [4.78, 5) is 4.62. The van der Waals surface area contributed by atoms with Crippen molar-refractivity contribution >= 4 is 29.9 Å². The molecule has 0 amide bonds. The van der Waals surface area contributed by atoms with E-state index >= 15 is 0 Å². The second-order valence-corrected chi connectivity index (χ2v) is 5.94. The van der Waals surface area contributed by atoms with E-state index < -0.39 is 6.10 Å². The molecule has 6 heteroatoms. The third-order valence-corrected chi connectivity index (χ3v) is 3.85. The lowest BCUT2D eigenvalue weighted by atomic mass is 10.0. The molecule has 1 heterocycles. The maximum absolute atomic E-state index is 10.1. The predicted octanol–water partition coefficient (Wildman–Crippen LogP) is 3.60. The van der Waals surface area contributed by atoms with Gasteiger partial charge in [-0.05, 0) is 31.5 Å². The Morgan fingerprint density at radius 1 is 1.20 bits per heavy atom. The second-order valence-electron chi connectivity index (χ2n) is 5.94. The van der Waals surface area contributed by atoms with E-state index in [-0.39, 0.29) is 24.0 Å². The summed E-state index contributed by atoms with van der Waals surface area (Å²) >= 11 is 0. The number of furan rings is 1. The molecule has 0 aliphatic heterocycles. The Bertz CT molecular complexity index is 627. The fourth-order valence-corrected chi connectivity index (χ4v) is 2.35. The van der Waals surface area contributed by atoms with E-state index in [1.165, 1.54) is 11.1 Å². The van der Waals surface area contributed by atoms with E-state index in [9.17, 15) is 5.11 Å². The summed E-state index contributed by atoms with van der Waals surface area (Å²) in [6, 6.07) is 12.1. The number of halogens is 1. The number of aryl methyl sites for hydroxylation is 1. The van der Waals surface area contributed by atoms with Crippen molar-refractivity contribution in [3.63, 3.8) is 0 Å². The minimum atomic E-state index is -0.696. The van der Waals surface area contributed by atoms with Crippen LogP contribution in [0.2, 0.25) is 0 Å². The highest BCUT2D eigenvalue weighted by Gasteiger charge is 2.11. The molecule has 0 radical (unpaired) electrons. The van der Waals surface area contributed by atoms with Crippen LogP contribution < -0.4 is 10.6 Å². The number of nitrogens with zero attached hydrogens (tertiary/aromatic N) is 1. The highest BCUT2D eigenvalue weighted by Crippen LogP contribution is 2.16. The predicted molar refractivity (Wildman–Crippen MR) is 113 cm³/mol. The molecule has 0 aliphatic carbocycles. The molecule has 1 aromatic heterocycles. The van der Waals surface area contributed by atoms with Crippen LogP contribution in [0.3, 0.4) is 0 Å². The van der Waals surface area contributed by atoms with Gasteiger partial charge in [0.15, 0.2) is 5.96 Å². The summed E-state index contributed by atoms with van der Waals surface area (Å²) in [5.41, 5.74) is 2.53. The first-order chi connectivity index (χ1) is 11.6. The van der Waals surface area contributed by atoms with Gasteiger partial charge in [-0.2, -0.15) is 0 Å². The van der Waals surface area contributed by atoms with Crippen molar-refractivity contribution in [2.75, 3.05) is 19.6 Å². The summed E-state index contributed by atoms with van der Waals surface area (Å²) < 4.78 is 5.20. The molecule has 0 bridgehead atoms. The van der Waals surface area contributed by atoms with Gasteiger partial charge < -0.3 is 20.2 Å². The van der Waals surface area contributed by atoms with E-state index in [1.54, 1.807) is 18.4 Å². The molecule has 2 aromatic rings. The number of rotatable bonds is 7. The van der Waals surface area contributed by atoms with Gasteiger partial charge in [-0.1, -0.05) is 36.8 Å². The van der Waals surface area contributed by atoms with Crippen LogP contribution in [0.1, 0.15) is 42.8 Å². The van der Waals surface area contributed by atoms with Crippen LogP contribution >= 0.6 is 24.0 Å². The Hall–Kier alpha value is -1.54. The van der Waals surface area contributed by atoms with Crippen LogP contribution in [0.4, 0.5) is 0 Å².